The smallest absolute Gasteiger partial charge is 0.387 e. The van der Waals surface area contributed by atoms with Crippen LogP contribution in [0, 0.1) is 6.92 Å². The Balaban J connectivity index is 0.00000480. The molecule has 0 aliphatic rings. The van der Waals surface area contributed by atoms with Crippen molar-refractivity contribution < 1.29 is 18.3 Å². The van der Waals surface area contributed by atoms with E-state index < -0.39 is 6.61 Å². The van der Waals surface area contributed by atoms with Crippen molar-refractivity contribution in [2.75, 3.05) is 20.6 Å². The van der Waals surface area contributed by atoms with Crippen molar-refractivity contribution in [2.45, 2.75) is 33.0 Å². The fourth-order valence-corrected chi connectivity index (χ4v) is 2.71. The summed E-state index contributed by atoms with van der Waals surface area (Å²) in [5.74, 6) is 0.361. The molecule has 0 saturated heterocycles. The number of hydrogen-bond donors (Lipinski definition) is 2. The van der Waals surface area contributed by atoms with Crippen LogP contribution in [-0.2, 0) is 11.3 Å². The van der Waals surface area contributed by atoms with Gasteiger partial charge in [-0.1, -0.05) is 48.0 Å². The summed E-state index contributed by atoms with van der Waals surface area (Å²) in [7, 11) is 3.34. The highest BCUT2D eigenvalue weighted by Crippen LogP contribution is 2.23. The van der Waals surface area contributed by atoms with Gasteiger partial charge in [-0.3, -0.25) is 4.79 Å². The van der Waals surface area contributed by atoms with E-state index in [1.54, 1.807) is 26.2 Å². The van der Waals surface area contributed by atoms with Crippen molar-refractivity contribution in [3.8, 4) is 5.75 Å². The summed E-state index contributed by atoms with van der Waals surface area (Å²) in [6, 6.07) is 14.7. The quantitative estimate of drug-likeness (QED) is 0.298. The van der Waals surface area contributed by atoms with E-state index in [0.717, 1.165) is 11.1 Å². The molecule has 1 atom stereocenters. The lowest BCUT2D eigenvalue weighted by molar-refractivity contribution is -0.127. The number of aryl methyl sites for hydroxylation is 1. The second-order valence-electron chi connectivity index (χ2n) is 7.07. The molecule has 2 aromatic rings. The molecule has 0 heterocycles. The number of ether oxygens (including phenoxy) is 1. The van der Waals surface area contributed by atoms with Gasteiger partial charge in [-0.15, -0.1) is 24.0 Å². The first-order chi connectivity index (χ1) is 14.3. The number of rotatable bonds is 8. The van der Waals surface area contributed by atoms with Crippen LogP contribution in [0.4, 0.5) is 8.78 Å². The molecule has 0 aliphatic carbocycles. The number of halogens is 3. The minimum absolute atomic E-state index is 0. The lowest BCUT2D eigenvalue weighted by Crippen LogP contribution is -2.43. The highest BCUT2D eigenvalue weighted by atomic mass is 127. The lowest BCUT2D eigenvalue weighted by atomic mass is 10.1. The number of alkyl halides is 2. The van der Waals surface area contributed by atoms with E-state index in [9.17, 15) is 13.6 Å². The Morgan fingerprint density at radius 2 is 1.84 bits per heavy atom. The predicted molar refractivity (Wildman–Crippen MR) is 129 cm³/mol. The summed E-state index contributed by atoms with van der Waals surface area (Å²) in [6.07, 6.45) is 0. The number of nitrogens with one attached hydrogen (secondary N) is 2. The molecule has 31 heavy (non-hydrogen) atoms. The maximum Gasteiger partial charge on any atom is 0.387 e. The van der Waals surface area contributed by atoms with E-state index in [1.807, 2.05) is 44.2 Å². The summed E-state index contributed by atoms with van der Waals surface area (Å²) >= 11 is 0. The van der Waals surface area contributed by atoms with Crippen molar-refractivity contribution in [3.05, 3.63) is 65.2 Å². The average molecular weight is 546 g/mol. The van der Waals surface area contributed by atoms with Crippen molar-refractivity contribution in [1.29, 1.82) is 0 Å². The molecule has 0 aliphatic heterocycles. The molecule has 1 unspecified atom stereocenters. The summed E-state index contributed by atoms with van der Waals surface area (Å²) in [5, 5.41) is 6.26. The van der Waals surface area contributed by atoms with Crippen molar-refractivity contribution in [1.82, 2.24) is 15.5 Å². The molecule has 0 saturated carbocycles. The Bertz CT molecular complexity index is 864. The van der Waals surface area contributed by atoms with Crippen LogP contribution in [0.25, 0.3) is 0 Å². The predicted octanol–water partition coefficient (Wildman–Crippen LogP) is 4.10. The van der Waals surface area contributed by atoms with E-state index in [-0.39, 0.29) is 54.8 Å². The molecule has 2 N–H and O–H groups in total. The van der Waals surface area contributed by atoms with Gasteiger partial charge in [0.05, 0.1) is 19.1 Å². The Hall–Kier alpha value is -2.43. The van der Waals surface area contributed by atoms with Gasteiger partial charge in [0.1, 0.15) is 5.75 Å². The normalized spacial score (nSPS) is 12.0. The third kappa shape index (κ3) is 9.07. The van der Waals surface area contributed by atoms with Crippen LogP contribution >= 0.6 is 24.0 Å². The van der Waals surface area contributed by atoms with Crippen LogP contribution in [0.5, 0.6) is 5.75 Å². The van der Waals surface area contributed by atoms with Crippen LogP contribution < -0.4 is 15.4 Å². The largest absolute Gasteiger partial charge is 0.434 e. The van der Waals surface area contributed by atoms with Crippen LogP contribution in [0.2, 0.25) is 0 Å². The Kier molecular flexibility index (Phi) is 11.2. The molecule has 0 bridgehead atoms. The molecule has 170 valence electrons. The van der Waals surface area contributed by atoms with Gasteiger partial charge in [0.15, 0.2) is 5.96 Å². The molecule has 2 aromatic carbocycles. The van der Waals surface area contributed by atoms with E-state index in [2.05, 4.69) is 20.4 Å². The van der Waals surface area contributed by atoms with Crippen LogP contribution in [-0.4, -0.2) is 44.0 Å². The zero-order valence-corrected chi connectivity index (χ0v) is 20.4. The fraction of sp³-hybridized carbons (Fsp3) is 0.364. The van der Waals surface area contributed by atoms with E-state index in [4.69, 9.17) is 0 Å². The molecule has 9 heteroatoms. The molecular weight excluding hydrogens is 517 g/mol. The number of carbonyl (C=O) groups excluding carboxylic acids is 1. The van der Waals surface area contributed by atoms with Crippen LogP contribution in [0.1, 0.15) is 29.7 Å². The van der Waals surface area contributed by atoms with Crippen molar-refractivity contribution in [2.24, 2.45) is 4.99 Å². The zero-order chi connectivity index (χ0) is 22.1. The van der Waals surface area contributed by atoms with E-state index >= 15 is 0 Å². The Labute approximate surface area is 199 Å². The third-order valence-corrected chi connectivity index (χ3v) is 4.40. The number of hydrogen-bond acceptors (Lipinski definition) is 3. The minimum atomic E-state index is -2.91. The highest BCUT2D eigenvalue weighted by Gasteiger charge is 2.13. The topological polar surface area (TPSA) is 66.0 Å². The number of benzene rings is 2. The zero-order valence-electron chi connectivity index (χ0n) is 18.1. The molecule has 0 fully saturated rings. The average Bonchev–Trinajstić information content (AvgIpc) is 2.71. The maximum atomic E-state index is 12.7. The van der Waals surface area contributed by atoms with Gasteiger partial charge < -0.3 is 20.3 Å². The van der Waals surface area contributed by atoms with Gasteiger partial charge in [-0.05, 0) is 25.5 Å². The van der Waals surface area contributed by atoms with Gasteiger partial charge in [-0.25, -0.2) is 4.99 Å². The van der Waals surface area contributed by atoms with Gasteiger partial charge in [-0.2, -0.15) is 8.78 Å². The van der Waals surface area contributed by atoms with E-state index in [0.29, 0.717) is 11.5 Å². The summed E-state index contributed by atoms with van der Waals surface area (Å²) in [4.78, 5) is 17.9. The molecular formula is C22H29F2IN4O2. The summed E-state index contributed by atoms with van der Waals surface area (Å²) in [5.41, 5.74) is 2.48. The van der Waals surface area contributed by atoms with Gasteiger partial charge in [0, 0.05) is 19.7 Å². The second-order valence-corrected chi connectivity index (χ2v) is 7.07. The molecule has 2 rings (SSSR count). The first-order valence-electron chi connectivity index (χ1n) is 9.60. The van der Waals surface area contributed by atoms with Crippen LogP contribution in [0.15, 0.2) is 53.5 Å². The Morgan fingerprint density at radius 3 is 2.45 bits per heavy atom. The Morgan fingerprint density at radius 1 is 1.16 bits per heavy atom. The van der Waals surface area contributed by atoms with E-state index in [1.165, 1.54) is 11.0 Å². The lowest BCUT2D eigenvalue weighted by Gasteiger charge is -2.20. The van der Waals surface area contributed by atoms with Crippen molar-refractivity contribution in [3.63, 3.8) is 0 Å². The number of guanidine groups is 1. The van der Waals surface area contributed by atoms with Gasteiger partial charge in [0.25, 0.3) is 0 Å². The minimum Gasteiger partial charge on any atom is -0.434 e. The second kappa shape index (κ2) is 13.1. The number of carbonyl (C=O) groups is 1. The third-order valence-electron chi connectivity index (χ3n) is 4.40. The molecule has 6 nitrogen and oxygen atoms in total. The van der Waals surface area contributed by atoms with Gasteiger partial charge in [0.2, 0.25) is 5.91 Å². The molecule has 1 amide bonds. The summed E-state index contributed by atoms with van der Waals surface area (Å²) < 4.78 is 30.0. The first-order valence-corrected chi connectivity index (χ1v) is 9.60. The van der Waals surface area contributed by atoms with Gasteiger partial charge >= 0.3 is 6.61 Å². The molecule has 0 radical (unpaired) electrons. The molecule has 0 spiro atoms. The summed E-state index contributed by atoms with van der Waals surface area (Å²) in [6.45, 7) is 1.08. The van der Waals surface area contributed by atoms with Crippen molar-refractivity contribution >= 4 is 35.8 Å². The first kappa shape index (κ1) is 26.6. The number of nitrogens with zero attached hydrogens (tertiary/aromatic N) is 2. The highest BCUT2D eigenvalue weighted by molar-refractivity contribution is 14.0. The number of amides is 1. The number of likely N-dealkylation sites (N-methyl/N-ethyl adjacent to an activating group) is 1. The SMILES string of the molecule is Cc1ccc(OC(F)F)c(CN=C(NCC(=O)N(C)C)NC(C)c2ccccc2)c1.I. The van der Waals surface area contributed by atoms with Crippen LogP contribution in [0.3, 0.4) is 0 Å². The standard InChI is InChI=1S/C22H28F2N4O2.HI/c1-15-10-11-19(30-21(23)24)18(12-15)13-25-22(26-14-20(29)28(3)4)27-16(2)17-8-6-5-7-9-17;/h5-12,16,21H,13-14H2,1-4H3,(H2,25,26,27);1H. The number of aliphatic imine (C=N–C) groups is 1. The monoisotopic (exact) mass is 546 g/mol. The fourth-order valence-electron chi connectivity index (χ4n) is 2.71. The molecule has 0 aromatic heterocycles. The maximum absolute atomic E-state index is 12.7.